The first-order chi connectivity index (χ1) is 3.71. The van der Waals surface area contributed by atoms with E-state index in [1.807, 2.05) is 0 Å². The van der Waals surface area contributed by atoms with Crippen molar-refractivity contribution < 1.29 is 15.2 Å². The zero-order valence-electron chi connectivity index (χ0n) is 4.88. The molecular weight excluding hydrogens is 106 g/mol. The Morgan fingerprint density at radius 1 is 0.875 bits per heavy atom. The summed E-state index contributed by atoms with van der Waals surface area (Å²) in [6.45, 7) is 1.00. The number of hydrogen-bond donors (Lipinski definition) is 2. The summed E-state index contributed by atoms with van der Waals surface area (Å²) in [5.41, 5.74) is 0. The van der Waals surface area contributed by atoms with Gasteiger partial charge in [-0.05, 0) is 11.2 Å². The van der Waals surface area contributed by atoms with Gasteiger partial charge in [-0.1, -0.05) is 0 Å². The van der Waals surface area contributed by atoms with Crippen molar-refractivity contribution in [1.29, 1.82) is 0 Å². The van der Waals surface area contributed by atoms with Crippen LogP contribution in [0, 0.1) is 0 Å². The Balaban J connectivity index is 2.33. The predicted octanol–water partition coefficient (Wildman–Crippen LogP) is 0.766. The summed E-state index contributed by atoms with van der Waals surface area (Å²) in [6, 6.07) is 0. The summed E-state index contributed by atoms with van der Waals surface area (Å²) in [5.74, 6) is 0. The third-order valence-electron chi connectivity index (χ3n) is 1.53. The highest BCUT2D eigenvalue weighted by Crippen LogP contribution is 2.11. The number of quaternary nitrogens is 1. The number of nitrogens with zero attached hydrogens (tertiary/aromatic N) is 1. The maximum Gasteiger partial charge on any atom is 0.142 e. The summed E-state index contributed by atoms with van der Waals surface area (Å²) in [6.07, 6.45) is 3.02. The molecule has 0 saturated carbocycles. The number of hydrogen-bond acceptors (Lipinski definition) is 2. The minimum atomic E-state index is -0.750. The van der Waals surface area contributed by atoms with Crippen LogP contribution in [0.5, 0.6) is 0 Å². The highest BCUT2D eigenvalue weighted by atomic mass is 16.8. The van der Waals surface area contributed by atoms with Crippen LogP contribution < -0.4 is 0 Å². The van der Waals surface area contributed by atoms with Gasteiger partial charge in [-0.15, -0.1) is 0 Å². The molecule has 3 heteroatoms. The maximum atomic E-state index is 8.87. The Labute approximate surface area is 48.7 Å². The highest BCUT2D eigenvalue weighted by Gasteiger charge is 2.25. The summed E-state index contributed by atoms with van der Waals surface area (Å²) < 4.78 is 0. The van der Waals surface area contributed by atoms with Gasteiger partial charge in [-0.25, -0.2) is 0 Å². The van der Waals surface area contributed by atoms with Crippen LogP contribution in [0.15, 0.2) is 0 Å². The van der Waals surface area contributed by atoms with E-state index in [1.165, 1.54) is 0 Å². The zero-order chi connectivity index (χ0) is 6.04. The van der Waals surface area contributed by atoms with E-state index in [1.54, 1.807) is 0 Å². The Morgan fingerprint density at radius 2 is 1.38 bits per heavy atom. The van der Waals surface area contributed by atoms with Gasteiger partial charge in [-0.2, -0.15) is 10.4 Å². The van der Waals surface area contributed by atoms with E-state index in [2.05, 4.69) is 0 Å². The highest BCUT2D eigenvalue weighted by molar-refractivity contribution is 4.43. The van der Waals surface area contributed by atoms with Gasteiger partial charge < -0.3 is 0 Å². The maximum absolute atomic E-state index is 8.87. The Morgan fingerprint density at radius 3 is 1.62 bits per heavy atom. The predicted molar refractivity (Wildman–Crippen MR) is 27.4 cm³/mol. The molecular formula is C5H12NO2+. The second kappa shape index (κ2) is 2.01. The third kappa shape index (κ3) is 1.43. The van der Waals surface area contributed by atoms with E-state index in [9.17, 15) is 0 Å². The summed E-state index contributed by atoms with van der Waals surface area (Å²) >= 11 is 0. The fraction of sp³-hybridized carbons (Fsp3) is 1.00. The molecule has 0 spiro atoms. The molecule has 1 saturated heterocycles. The molecule has 8 heavy (non-hydrogen) atoms. The first-order valence-corrected chi connectivity index (χ1v) is 3.03. The van der Waals surface area contributed by atoms with Crippen molar-refractivity contribution in [2.75, 3.05) is 13.1 Å². The lowest BCUT2D eigenvalue weighted by Gasteiger charge is -2.24. The lowest BCUT2D eigenvalue weighted by molar-refractivity contribution is -1.25. The molecule has 0 aliphatic carbocycles. The molecule has 1 fully saturated rings. The van der Waals surface area contributed by atoms with Crippen molar-refractivity contribution in [2.24, 2.45) is 0 Å². The number of rotatable bonds is 0. The van der Waals surface area contributed by atoms with Gasteiger partial charge in [0.05, 0.1) is 0 Å². The minimum Gasteiger partial charge on any atom is -0.182 e. The molecule has 48 valence electrons. The van der Waals surface area contributed by atoms with Crippen LogP contribution >= 0.6 is 0 Å². The average molecular weight is 118 g/mol. The Hall–Kier alpha value is -0.120. The zero-order valence-corrected chi connectivity index (χ0v) is 4.88. The molecule has 1 aliphatic rings. The second-order valence-corrected chi connectivity index (χ2v) is 2.39. The van der Waals surface area contributed by atoms with Crippen LogP contribution in [-0.2, 0) is 0 Å². The van der Waals surface area contributed by atoms with E-state index in [0.717, 1.165) is 19.3 Å². The quantitative estimate of drug-likeness (QED) is 0.461. The SMILES string of the molecule is O[N+]1(O)CCCCC1. The van der Waals surface area contributed by atoms with Crippen LogP contribution in [0.2, 0.25) is 0 Å². The molecule has 1 aliphatic heterocycles. The normalized spacial score (nSPS) is 27.8. The molecule has 0 aromatic carbocycles. The average Bonchev–Trinajstić information content (AvgIpc) is 1.65. The lowest BCUT2D eigenvalue weighted by Crippen LogP contribution is -2.45. The van der Waals surface area contributed by atoms with Gasteiger partial charge >= 0.3 is 0 Å². The molecule has 0 radical (unpaired) electrons. The van der Waals surface area contributed by atoms with Crippen molar-refractivity contribution >= 4 is 0 Å². The van der Waals surface area contributed by atoms with Crippen LogP contribution in [0.4, 0.5) is 0 Å². The number of piperidine rings is 1. The molecule has 0 aromatic heterocycles. The molecule has 1 rings (SSSR count). The first-order valence-electron chi connectivity index (χ1n) is 3.03. The molecule has 1 heterocycles. The molecule has 0 unspecified atom stereocenters. The van der Waals surface area contributed by atoms with Gasteiger partial charge in [0.25, 0.3) is 0 Å². The van der Waals surface area contributed by atoms with E-state index >= 15 is 0 Å². The fourth-order valence-electron chi connectivity index (χ4n) is 1.02. The Kier molecular flexibility index (Phi) is 1.51. The van der Waals surface area contributed by atoms with Crippen molar-refractivity contribution in [3.63, 3.8) is 0 Å². The standard InChI is InChI=1S/C5H12NO2/c7-6(8)4-2-1-3-5-6/h7-8H,1-5H2/q+1. The molecule has 0 aromatic rings. The molecule has 3 nitrogen and oxygen atoms in total. The van der Waals surface area contributed by atoms with Gasteiger partial charge in [-0.3, -0.25) is 0 Å². The smallest absolute Gasteiger partial charge is 0.142 e. The van der Waals surface area contributed by atoms with Crippen molar-refractivity contribution in [3.05, 3.63) is 0 Å². The lowest BCUT2D eigenvalue weighted by atomic mass is 10.2. The van der Waals surface area contributed by atoms with Crippen LogP contribution in [0.3, 0.4) is 0 Å². The van der Waals surface area contributed by atoms with Gasteiger partial charge in [0, 0.05) is 12.8 Å². The number of hydroxylamine groups is 4. The molecule has 0 bridgehead atoms. The van der Waals surface area contributed by atoms with E-state index in [4.69, 9.17) is 10.4 Å². The minimum absolute atomic E-state index is 0.500. The summed E-state index contributed by atoms with van der Waals surface area (Å²) in [7, 11) is 0. The van der Waals surface area contributed by atoms with E-state index in [0.29, 0.717) is 13.1 Å². The van der Waals surface area contributed by atoms with Crippen molar-refractivity contribution in [1.82, 2.24) is 0 Å². The molecule has 0 atom stereocenters. The van der Waals surface area contributed by atoms with Crippen LogP contribution in [-0.4, -0.2) is 28.3 Å². The van der Waals surface area contributed by atoms with Gasteiger partial charge in [0.1, 0.15) is 13.1 Å². The molecule has 2 N–H and O–H groups in total. The van der Waals surface area contributed by atoms with Crippen molar-refractivity contribution in [2.45, 2.75) is 19.3 Å². The van der Waals surface area contributed by atoms with E-state index in [-0.39, 0.29) is 0 Å². The van der Waals surface area contributed by atoms with Crippen molar-refractivity contribution in [3.8, 4) is 0 Å². The van der Waals surface area contributed by atoms with Gasteiger partial charge in [0.2, 0.25) is 0 Å². The topological polar surface area (TPSA) is 40.5 Å². The fourth-order valence-corrected chi connectivity index (χ4v) is 1.02. The molecule has 0 amide bonds. The first kappa shape index (κ1) is 6.01. The second-order valence-electron chi connectivity index (χ2n) is 2.39. The third-order valence-corrected chi connectivity index (χ3v) is 1.53. The Bertz CT molecular complexity index is 74.5. The largest absolute Gasteiger partial charge is 0.182 e. The summed E-state index contributed by atoms with van der Waals surface area (Å²) in [5, 5.41) is 17.7. The monoisotopic (exact) mass is 118 g/mol. The van der Waals surface area contributed by atoms with Crippen LogP contribution in [0.25, 0.3) is 0 Å². The van der Waals surface area contributed by atoms with Gasteiger partial charge in [0.15, 0.2) is 0 Å². The van der Waals surface area contributed by atoms with Crippen LogP contribution in [0.1, 0.15) is 19.3 Å². The summed E-state index contributed by atoms with van der Waals surface area (Å²) in [4.78, 5) is -0.750. The van der Waals surface area contributed by atoms with E-state index < -0.39 is 4.81 Å².